The summed E-state index contributed by atoms with van der Waals surface area (Å²) < 4.78 is 20.0. The normalized spacial score (nSPS) is 10.3. The van der Waals surface area contributed by atoms with Crippen LogP contribution in [0.2, 0.25) is 0 Å². The number of halogens is 1. The van der Waals surface area contributed by atoms with Gasteiger partial charge in [0.05, 0.1) is 18.4 Å². The van der Waals surface area contributed by atoms with Crippen LogP contribution in [0.15, 0.2) is 59.4 Å². The predicted molar refractivity (Wildman–Crippen MR) is 100 cm³/mol. The fourth-order valence-corrected chi connectivity index (χ4v) is 2.46. The average Bonchev–Trinajstić information content (AvgIpc) is 3.36. The SMILES string of the molecule is CC.Nc1nc(-c2cc(-c3ccon3)n(Cc3ccccc3)n2)ncc1F. The zero-order valence-electron chi connectivity index (χ0n) is 15.0. The Morgan fingerprint density at radius 1 is 1.11 bits per heavy atom. The predicted octanol–water partition coefficient (Wildman–Crippen LogP) is 3.79. The Morgan fingerprint density at radius 2 is 1.89 bits per heavy atom. The molecule has 3 aromatic heterocycles. The second-order valence-electron chi connectivity index (χ2n) is 5.37. The van der Waals surface area contributed by atoms with E-state index in [1.165, 1.54) is 6.26 Å². The molecular weight excluding hydrogens is 347 g/mol. The van der Waals surface area contributed by atoms with Crippen LogP contribution in [0.5, 0.6) is 0 Å². The van der Waals surface area contributed by atoms with Gasteiger partial charge in [-0.05, 0) is 11.6 Å². The van der Waals surface area contributed by atoms with Crippen LogP contribution in [0.4, 0.5) is 10.2 Å². The lowest BCUT2D eigenvalue weighted by molar-refractivity contribution is 0.421. The summed E-state index contributed by atoms with van der Waals surface area (Å²) in [7, 11) is 0. The standard InChI is InChI=1S/C17H13FN6O.C2H6/c18-12-9-20-17(21-16(12)19)14-8-15(13-6-7-25-23-13)24(22-14)10-11-4-2-1-3-5-11;1-2/h1-9H,10H2,(H2,19,20,21);1-2H3. The number of hydrogen-bond donors (Lipinski definition) is 1. The highest BCUT2D eigenvalue weighted by atomic mass is 19.1. The van der Waals surface area contributed by atoms with E-state index in [2.05, 4.69) is 20.2 Å². The van der Waals surface area contributed by atoms with E-state index in [0.717, 1.165) is 17.5 Å². The summed E-state index contributed by atoms with van der Waals surface area (Å²) in [4.78, 5) is 7.92. The molecule has 138 valence electrons. The van der Waals surface area contributed by atoms with E-state index in [1.54, 1.807) is 16.8 Å². The van der Waals surface area contributed by atoms with E-state index < -0.39 is 5.82 Å². The summed E-state index contributed by atoms with van der Waals surface area (Å²) >= 11 is 0. The minimum atomic E-state index is -0.663. The molecule has 3 heterocycles. The number of nitrogens with two attached hydrogens (primary N) is 1. The summed E-state index contributed by atoms with van der Waals surface area (Å²) in [5, 5.41) is 8.50. The molecule has 0 fully saturated rings. The van der Waals surface area contributed by atoms with Crippen molar-refractivity contribution in [2.45, 2.75) is 20.4 Å². The Hall–Kier alpha value is -3.55. The van der Waals surface area contributed by atoms with Crippen LogP contribution in [0.1, 0.15) is 19.4 Å². The first-order valence-corrected chi connectivity index (χ1v) is 8.51. The fourth-order valence-electron chi connectivity index (χ4n) is 2.46. The monoisotopic (exact) mass is 366 g/mol. The molecule has 2 N–H and O–H groups in total. The van der Waals surface area contributed by atoms with Crippen molar-refractivity contribution in [3.8, 4) is 22.9 Å². The summed E-state index contributed by atoms with van der Waals surface area (Å²) in [5.41, 5.74) is 8.44. The van der Waals surface area contributed by atoms with E-state index in [9.17, 15) is 4.39 Å². The van der Waals surface area contributed by atoms with Crippen LogP contribution in [0, 0.1) is 5.82 Å². The van der Waals surface area contributed by atoms with Crippen LogP contribution in [-0.4, -0.2) is 24.9 Å². The minimum Gasteiger partial charge on any atom is -0.381 e. The molecule has 27 heavy (non-hydrogen) atoms. The molecule has 0 atom stereocenters. The highest BCUT2D eigenvalue weighted by Crippen LogP contribution is 2.24. The minimum absolute atomic E-state index is 0.217. The summed E-state index contributed by atoms with van der Waals surface area (Å²) in [6, 6.07) is 13.4. The number of nitrogens with zero attached hydrogens (tertiary/aromatic N) is 5. The summed E-state index contributed by atoms with van der Waals surface area (Å²) in [6.45, 7) is 4.53. The third-order valence-electron chi connectivity index (χ3n) is 3.66. The molecule has 7 nitrogen and oxygen atoms in total. The maximum Gasteiger partial charge on any atom is 0.183 e. The van der Waals surface area contributed by atoms with Gasteiger partial charge < -0.3 is 10.3 Å². The average molecular weight is 366 g/mol. The molecule has 0 unspecified atom stereocenters. The molecule has 0 saturated carbocycles. The van der Waals surface area contributed by atoms with Gasteiger partial charge in [0.1, 0.15) is 17.7 Å². The Morgan fingerprint density at radius 3 is 2.56 bits per heavy atom. The van der Waals surface area contributed by atoms with Crippen molar-refractivity contribution in [1.82, 2.24) is 24.9 Å². The van der Waals surface area contributed by atoms with Crippen molar-refractivity contribution in [3.63, 3.8) is 0 Å². The highest BCUT2D eigenvalue weighted by molar-refractivity contribution is 5.63. The molecule has 4 rings (SSSR count). The van der Waals surface area contributed by atoms with Gasteiger partial charge in [0.25, 0.3) is 0 Å². The second kappa shape index (κ2) is 8.22. The van der Waals surface area contributed by atoms with Gasteiger partial charge in [-0.15, -0.1) is 0 Å². The van der Waals surface area contributed by atoms with E-state index in [0.29, 0.717) is 17.9 Å². The Kier molecular flexibility index (Phi) is 5.55. The molecule has 0 spiro atoms. The zero-order chi connectivity index (χ0) is 19.2. The molecule has 1 aromatic carbocycles. The maximum absolute atomic E-state index is 13.3. The first-order chi connectivity index (χ1) is 13.2. The van der Waals surface area contributed by atoms with Gasteiger partial charge in [0.2, 0.25) is 0 Å². The molecule has 0 radical (unpaired) electrons. The molecule has 0 aliphatic heterocycles. The molecular formula is C19H19FN6O. The van der Waals surface area contributed by atoms with E-state index in [-0.39, 0.29) is 11.6 Å². The van der Waals surface area contributed by atoms with Crippen LogP contribution in [0.25, 0.3) is 22.9 Å². The van der Waals surface area contributed by atoms with Crippen LogP contribution in [0.3, 0.4) is 0 Å². The fraction of sp³-hybridized carbons (Fsp3) is 0.158. The first kappa shape index (κ1) is 18.2. The van der Waals surface area contributed by atoms with Crippen molar-refractivity contribution in [1.29, 1.82) is 0 Å². The molecule has 0 aliphatic carbocycles. The van der Waals surface area contributed by atoms with Crippen LogP contribution < -0.4 is 5.73 Å². The molecule has 0 amide bonds. The lowest BCUT2D eigenvalue weighted by Gasteiger charge is -2.05. The van der Waals surface area contributed by atoms with Crippen molar-refractivity contribution < 1.29 is 8.91 Å². The van der Waals surface area contributed by atoms with E-state index >= 15 is 0 Å². The van der Waals surface area contributed by atoms with Gasteiger partial charge >= 0.3 is 0 Å². The third-order valence-corrected chi connectivity index (χ3v) is 3.66. The number of hydrogen-bond acceptors (Lipinski definition) is 6. The number of rotatable bonds is 4. The molecule has 4 aromatic rings. The Balaban J connectivity index is 0.00000102. The second-order valence-corrected chi connectivity index (χ2v) is 5.37. The van der Waals surface area contributed by atoms with Gasteiger partial charge in [-0.2, -0.15) is 5.10 Å². The van der Waals surface area contributed by atoms with Gasteiger partial charge in [-0.1, -0.05) is 49.3 Å². The molecule has 8 heteroatoms. The summed E-state index contributed by atoms with van der Waals surface area (Å²) in [5.74, 6) is -0.634. The molecule has 0 bridgehead atoms. The van der Waals surface area contributed by atoms with Crippen LogP contribution >= 0.6 is 0 Å². The van der Waals surface area contributed by atoms with Crippen LogP contribution in [-0.2, 0) is 6.54 Å². The zero-order valence-corrected chi connectivity index (χ0v) is 15.0. The Bertz CT molecular complexity index is 998. The van der Waals surface area contributed by atoms with Gasteiger partial charge in [-0.3, -0.25) is 4.68 Å². The maximum atomic E-state index is 13.3. The van der Waals surface area contributed by atoms with Crippen molar-refractivity contribution in [2.24, 2.45) is 0 Å². The van der Waals surface area contributed by atoms with Gasteiger partial charge in [0, 0.05) is 6.07 Å². The first-order valence-electron chi connectivity index (χ1n) is 8.51. The quantitative estimate of drug-likeness (QED) is 0.590. The topological polar surface area (TPSA) is 95.7 Å². The number of benzene rings is 1. The highest BCUT2D eigenvalue weighted by Gasteiger charge is 2.16. The third kappa shape index (κ3) is 4.00. The summed E-state index contributed by atoms with van der Waals surface area (Å²) in [6.07, 6.45) is 2.52. The number of nitrogen functional groups attached to an aromatic ring is 1. The lowest BCUT2D eigenvalue weighted by atomic mass is 10.2. The van der Waals surface area contributed by atoms with Gasteiger partial charge in [0.15, 0.2) is 17.5 Å². The smallest absolute Gasteiger partial charge is 0.183 e. The number of aromatic nitrogens is 5. The lowest BCUT2D eigenvalue weighted by Crippen LogP contribution is -2.04. The van der Waals surface area contributed by atoms with Crippen molar-refractivity contribution in [3.05, 3.63) is 66.3 Å². The molecule has 0 saturated heterocycles. The molecule has 0 aliphatic rings. The Labute approximate surface area is 155 Å². The number of anilines is 1. The van der Waals surface area contributed by atoms with Crippen molar-refractivity contribution in [2.75, 3.05) is 5.73 Å². The van der Waals surface area contributed by atoms with E-state index in [1.807, 2.05) is 44.2 Å². The van der Waals surface area contributed by atoms with Gasteiger partial charge in [-0.25, -0.2) is 14.4 Å². The largest absolute Gasteiger partial charge is 0.381 e. The van der Waals surface area contributed by atoms with E-state index in [4.69, 9.17) is 10.3 Å². The van der Waals surface area contributed by atoms with Crippen molar-refractivity contribution >= 4 is 5.82 Å².